The van der Waals surface area contributed by atoms with Crippen LogP contribution in [0.15, 0.2) is 18.2 Å². The van der Waals surface area contributed by atoms with Gasteiger partial charge in [-0.15, -0.1) is 0 Å². The van der Waals surface area contributed by atoms with E-state index in [1.807, 2.05) is 0 Å². The molecule has 1 aliphatic heterocycles. The van der Waals surface area contributed by atoms with Crippen LogP contribution in [0.1, 0.15) is 32.1 Å². The Morgan fingerprint density at radius 2 is 1.96 bits per heavy atom. The third-order valence-electron chi connectivity index (χ3n) is 4.82. The van der Waals surface area contributed by atoms with Gasteiger partial charge >= 0.3 is 6.03 Å². The lowest BCUT2D eigenvalue weighted by molar-refractivity contribution is -0.121. The standard InChI is InChI=1S/C16H19F2N3O2/c17-10-5-6-12(11(18)8-10)20-16(23)21-13-4-2-1-3-9(13)7-14(21)15(19)22/h5-6,8-9,13-14H,1-4,7H2,(H2,19,22)(H,20,23)/t9-,13-,14-/m0/s1. The van der Waals surface area contributed by atoms with E-state index in [0.29, 0.717) is 12.5 Å². The van der Waals surface area contributed by atoms with Crippen molar-refractivity contribution < 1.29 is 18.4 Å². The summed E-state index contributed by atoms with van der Waals surface area (Å²) in [5, 5.41) is 2.43. The molecule has 1 heterocycles. The fraction of sp³-hybridized carbons (Fsp3) is 0.500. The maximum Gasteiger partial charge on any atom is 0.322 e. The number of carbonyl (C=O) groups is 2. The Bertz CT molecular complexity index is 638. The summed E-state index contributed by atoms with van der Waals surface area (Å²) in [6.07, 6.45) is 4.40. The van der Waals surface area contributed by atoms with Crippen molar-refractivity contribution in [1.82, 2.24) is 4.90 Å². The van der Waals surface area contributed by atoms with Gasteiger partial charge in [0.2, 0.25) is 5.91 Å². The minimum Gasteiger partial charge on any atom is -0.368 e. The first-order valence-corrected chi connectivity index (χ1v) is 7.81. The lowest BCUT2D eigenvalue weighted by Gasteiger charge is -2.33. The van der Waals surface area contributed by atoms with Crippen LogP contribution in [0.5, 0.6) is 0 Å². The van der Waals surface area contributed by atoms with Gasteiger partial charge in [-0.25, -0.2) is 13.6 Å². The molecule has 23 heavy (non-hydrogen) atoms. The van der Waals surface area contributed by atoms with Crippen LogP contribution in [-0.2, 0) is 4.79 Å². The Kier molecular flexibility index (Phi) is 4.19. The SMILES string of the molecule is NC(=O)[C@@H]1C[C@@H]2CCCC[C@@H]2N1C(=O)Nc1ccc(F)cc1F. The molecule has 1 saturated carbocycles. The highest BCUT2D eigenvalue weighted by atomic mass is 19.1. The molecule has 2 fully saturated rings. The van der Waals surface area contributed by atoms with Crippen LogP contribution in [0.3, 0.4) is 0 Å². The molecule has 0 spiro atoms. The summed E-state index contributed by atoms with van der Waals surface area (Å²) in [5.41, 5.74) is 5.33. The normalized spacial score (nSPS) is 26.7. The Labute approximate surface area is 132 Å². The minimum atomic E-state index is -0.853. The average molecular weight is 323 g/mol. The second-order valence-corrected chi connectivity index (χ2v) is 6.23. The predicted octanol–water partition coefficient (Wildman–Crippen LogP) is 2.62. The Balaban J connectivity index is 1.82. The van der Waals surface area contributed by atoms with Crippen molar-refractivity contribution in [1.29, 1.82) is 0 Å². The number of nitrogens with zero attached hydrogens (tertiary/aromatic N) is 1. The fourth-order valence-corrected chi connectivity index (χ4v) is 3.78. The highest BCUT2D eigenvalue weighted by Crippen LogP contribution is 2.40. The summed E-state index contributed by atoms with van der Waals surface area (Å²) in [6, 6.07) is 1.65. The van der Waals surface area contributed by atoms with Gasteiger partial charge in [0.25, 0.3) is 0 Å². The van der Waals surface area contributed by atoms with Gasteiger partial charge in [-0.3, -0.25) is 4.79 Å². The van der Waals surface area contributed by atoms with Crippen LogP contribution in [-0.4, -0.2) is 28.9 Å². The molecule has 0 radical (unpaired) electrons. The number of amides is 3. The molecular formula is C16H19F2N3O2. The first kappa shape index (κ1) is 15.7. The summed E-state index contributed by atoms with van der Waals surface area (Å²) >= 11 is 0. The number of anilines is 1. The highest BCUT2D eigenvalue weighted by Gasteiger charge is 2.46. The first-order chi connectivity index (χ1) is 11.0. The second kappa shape index (κ2) is 6.14. The summed E-state index contributed by atoms with van der Waals surface area (Å²) in [6.45, 7) is 0. The number of nitrogens with two attached hydrogens (primary N) is 1. The zero-order valence-corrected chi connectivity index (χ0v) is 12.6. The molecule has 7 heteroatoms. The molecule has 3 amide bonds. The van der Waals surface area contributed by atoms with E-state index < -0.39 is 29.6 Å². The van der Waals surface area contributed by atoms with Crippen molar-refractivity contribution in [2.45, 2.75) is 44.2 Å². The molecule has 1 aromatic rings. The van der Waals surface area contributed by atoms with Crippen molar-refractivity contribution in [3.05, 3.63) is 29.8 Å². The quantitative estimate of drug-likeness (QED) is 0.878. The third-order valence-corrected chi connectivity index (χ3v) is 4.82. The molecule has 1 saturated heterocycles. The second-order valence-electron chi connectivity index (χ2n) is 6.23. The van der Waals surface area contributed by atoms with Gasteiger partial charge in [0.1, 0.15) is 17.7 Å². The summed E-state index contributed by atoms with van der Waals surface area (Å²) < 4.78 is 26.7. The van der Waals surface area contributed by atoms with E-state index in [2.05, 4.69) is 5.32 Å². The van der Waals surface area contributed by atoms with Crippen LogP contribution in [0.25, 0.3) is 0 Å². The van der Waals surface area contributed by atoms with Crippen molar-refractivity contribution in [2.75, 3.05) is 5.32 Å². The number of rotatable bonds is 2. The molecule has 3 N–H and O–H groups in total. The number of nitrogens with one attached hydrogen (secondary N) is 1. The molecule has 0 bridgehead atoms. The van der Waals surface area contributed by atoms with E-state index in [1.165, 1.54) is 4.90 Å². The number of fused-ring (bicyclic) bond motifs is 1. The number of hydrogen-bond donors (Lipinski definition) is 2. The number of carbonyl (C=O) groups excluding carboxylic acids is 2. The van der Waals surface area contributed by atoms with E-state index in [4.69, 9.17) is 5.73 Å². The van der Waals surface area contributed by atoms with E-state index in [1.54, 1.807) is 0 Å². The first-order valence-electron chi connectivity index (χ1n) is 7.81. The van der Waals surface area contributed by atoms with Crippen LogP contribution in [0, 0.1) is 17.6 Å². The van der Waals surface area contributed by atoms with Gasteiger partial charge < -0.3 is 16.0 Å². The Morgan fingerprint density at radius 1 is 1.22 bits per heavy atom. The average Bonchev–Trinajstić information content (AvgIpc) is 2.90. The van der Waals surface area contributed by atoms with E-state index in [-0.39, 0.29) is 17.6 Å². The van der Waals surface area contributed by atoms with Crippen LogP contribution < -0.4 is 11.1 Å². The number of halogens is 2. The smallest absolute Gasteiger partial charge is 0.322 e. The summed E-state index contributed by atoms with van der Waals surface area (Å²) in [5.74, 6) is -1.86. The lowest BCUT2D eigenvalue weighted by atomic mass is 9.85. The molecule has 3 atom stereocenters. The van der Waals surface area contributed by atoms with E-state index in [9.17, 15) is 18.4 Å². The van der Waals surface area contributed by atoms with Crippen molar-refractivity contribution >= 4 is 17.6 Å². The predicted molar refractivity (Wildman–Crippen MR) is 80.6 cm³/mol. The monoisotopic (exact) mass is 323 g/mol. The van der Waals surface area contributed by atoms with Crippen molar-refractivity contribution in [3.8, 4) is 0 Å². The number of hydrogen-bond acceptors (Lipinski definition) is 2. The lowest BCUT2D eigenvalue weighted by Crippen LogP contribution is -2.50. The van der Waals surface area contributed by atoms with E-state index >= 15 is 0 Å². The van der Waals surface area contributed by atoms with Gasteiger partial charge in [-0.2, -0.15) is 0 Å². The maximum atomic E-state index is 13.7. The summed E-state index contributed by atoms with van der Waals surface area (Å²) in [7, 11) is 0. The maximum absolute atomic E-state index is 13.7. The van der Waals surface area contributed by atoms with Crippen LogP contribution >= 0.6 is 0 Å². The number of likely N-dealkylation sites (tertiary alicyclic amines) is 1. The topological polar surface area (TPSA) is 75.4 Å². The molecule has 5 nitrogen and oxygen atoms in total. The summed E-state index contributed by atoms with van der Waals surface area (Å²) in [4.78, 5) is 25.7. The van der Waals surface area contributed by atoms with Crippen LogP contribution in [0.2, 0.25) is 0 Å². The Hall–Kier alpha value is -2.18. The van der Waals surface area contributed by atoms with Gasteiger partial charge in [-0.1, -0.05) is 12.8 Å². The number of urea groups is 1. The largest absolute Gasteiger partial charge is 0.368 e. The van der Waals surface area contributed by atoms with Gasteiger partial charge in [0, 0.05) is 12.1 Å². The molecule has 2 aliphatic rings. The zero-order valence-electron chi connectivity index (χ0n) is 12.6. The molecule has 1 aliphatic carbocycles. The van der Waals surface area contributed by atoms with Crippen molar-refractivity contribution in [3.63, 3.8) is 0 Å². The van der Waals surface area contributed by atoms with E-state index in [0.717, 1.165) is 37.8 Å². The van der Waals surface area contributed by atoms with Crippen molar-refractivity contribution in [2.24, 2.45) is 11.7 Å². The molecule has 0 aromatic heterocycles. The molecule has 0 unspecified atom stereocenters. The van der Waals surface area contributed by atoms with Crippen LogP contribution in [0.4, 0.5) is 19.3 Å². The Morgan fingerprint density at radius 3 is 2.65 bits per heavy atom. The molecule has 1 aromatic carbocycles. The fourth-order valence-electron chi connectivity index (χ4n) is 3.78. The number of primary amides is 1. The molecule has 124 valence electrons. The van der Waals surface area contributed by atoms with Gasteiger partial charge in [0.05, 0.1) is 5.69 Å². The number of benzene rings is 1. The minimum absolute atomic E-state index is 0.0511. The zero-order chi connectivity index (χ0) is 16.6. The third kappa shape index (κ3) is 3.00. The van der Waals surface area contributed by atoms with Gasteiger partial charge in [-0.05, 0) is 37.3 Å². The molecule has 3 rings (SSSR count). The van der Waals surface area contributed by atoms with Gasteiger partial charge in [0.15, 0.2) is 0 Å². The highest BCUT2D eigenvalue weighted by molar-refractivity contribution is 5.94. The molecular weight excluding hydrogens is 304 g/mol.